The zero-order valence-corrected chi connectivity index (χ0v) is 19.8. The lowest BCUT2D eigenvalue weighted by Gasteiger charge is -2.31. The second kappa shape index (κ2) is 9.68. The van der Waals surface area contributed by atoms with Crippen LogP contribution >= 0.6 is 0 Å². The normalized spacial score (nSPS) is 16.8. The summed E-state index contributed by atoms with van der Waals surface area (Å²) in [6, 6.07) is 8.99. The molecule has 34 heavy (non-hydrogen) atoms. The highest BCUT2D eigenvalue weighted by Crippen LogP contribution is 2.23. The molecular weight excluding hydrogens is 434 g/mol. The van der Waals surface area contributed by atoms with E-state index in [1.165, 1.54) is 4.57 Å². The van der Waals surface area contributed by atoms with E-state index in [-0.39, 0.29) is 18.3 Å². The van der Waals surface area contributed by atoms with Crippen LogP contribution in [0.5, 0.6) is 0 Å². The second-order valence-electron chi connectivity index (χ2n) is 8.97. The van der Waals surface area contributed by atoms with Gasteiger partial charge in [-0.3, -0.25) is 13.9 Å². The number of fused-ring (bicyclic) bond motifs is 1. The predicted octanol–water partition coefficient (Wildman–Crippen LogP) is 1.67. The average Bonchev–Trinajstić information content (AvgIpc) is 3.22. The zero-order chi connectivity index (χ0) is 24.4. The molecule has 0 spiro atoms. The van der Waals surface area contributed by atoms with Gasteiger partial charge in [0.2, 0.25) is 5.95 Å². The molecule has 3 heterocycles. The lowest BCUT2D eigenvalue weighted by molar-refractivity contribution is 0.317. The summed E-state index contributed by atoms with van der Waals surface area (Å²) >= 11 is 0. The Bertz CT molecular complexity index is 1360. The first-order valence-corrected chi connectivity index (χ1v) is 11.4. The zero-order valence-electron chi connectivity index (χ0n) is 19.8. The van der Waals surface area contributed by atoms with E-state index in [0.717, 1.165) is 29.5 Å². The van der Waals surface area contributed by atoms with Crippen molar-refractivity contribution in [3.05, 3.63) is 68.4 Å². The highest BCUT2D eigenvalue weighted by atomic mass is 16.4. The van der Waals surface area contributed by atoms with Gasteiger partial charge in [-0.1, -0.05) is 47.1 Å². The molecule has 1 aliphatic rings. The molecule has 1 aliphatic heterocycles. The molecule has 1 fully saturated rings. The molecule has 0 aliphatic carbocycles. The van der Waals surface area contributed by atoms with E-state index in [4.69, 9.17) is 10.7 Å². The van der Waals surface area contributed by atoms with Crippen LogP contribution < -0.4 is 21.9 Å². The van der Waals surface area contributed by atoms with Gasteiger partial charge >= 0.3 is 5.69 Å². The molecule has 180 valence electrons. The van der Waals surface area contributed by atoms with Gasteiger partial charge in [0, 0.05) is 38.3 Å². The second-order valence-corrected chi connectivity index (χ2v) is 8.97. The van der Waals surface area contributed by atoms with Crippen molar-refractivity contribution in [2.45, 2.75) is 45.8 Å². The molecule has 10 nitrogen and oxygen atoms in total. The summed E-state index contributed by atoms with van der Waals surface area (Å²) in [6.07, 6.45) is 3.90. The van der Waals surface area contributed by atoms with Crippen molar-refractivity contribution in [3.8, 4) is 0 Å². The van der Waals surface area contributed by atoms with Crippen LogP contribution in [0.25, 0.3) is 11.2 Å². The number of aryl methyl sites for hydroxylation is 1. The fourth-order valence-corrected chi connectivity index (χ4v) is 4.34. The summed E-state index contributed by atoms with van der Waals surface area (Å²) in [7, 11) is 1.60. The van der Waals surface area contributed by atoms with E-state index in [2.05, 4.69) is 10.1 Å². The molecular formula is C24H31N7O3. The third kappa shape index (κ3) is 4.41. The van der Waals surface area contributed by atoms with E-state index in [1.807, 2.05) is 30.6 Å². The van der Waals surface area contributed by atoms with Gasteiger partial charge < -0.3 is 20.4 Å². The largest absolute Gasteiger partial charge is 0.411 e. The molecule has 10 heteroatoms. The molecule has 0 amide bonds. The number of nitrogens with zero attached hydrogens (tertiary/aromatic N) is 6. The maximum absolute atomic E-state index is 13.7. The van der Waals surface area contributed by atoms with Crippen LogP contribution in [-0.4, -0.2) is 48.7 Å². The van der Waals surface area contributed by atoms with E-state index in [1.54, 1.807) is 31.3 Å². The topological polar surface area (TPSA) is 124 Å². The van der Waals surface area contributed by atoms with Crippen molar-refractivity contribution >= 4 is 22.8 Å². The van der Waals surface area contributed by atoms with E-state index in [9.17, 15) is 14.8 Å². The lowest BCUT2D eigenvalue weighted by atomic mass is 10.1. The number of imidazole rings is 1. The van der Waals surface area contributed by atoms with Crippen LogP contribution in [0.3, 0.4) is 0 Å². The van der Waals surface area contributed by atoms with Crippen LogP contribution in [-0.2, 0) is 20.1 Å². The Morgan fingerprint density at radius 2 is 1.97 bits per heavy atom. The SMILES string of the molecule is CC(C)=CCn1c(N2CCC[C@@H](N)C2)nc2c1c(=O)n(CC(=NO)c1ccccc1)c(=O)n2C. The monoisotopic (exact) mass is 465 g/mol. The molecule has 0 bridgehead atoms. The number of anilines is 1. The van der Waals surface area contributed by atoms with Crippen LogP contribution in [0.15, 0.2) is 56.7 Å². The number of allylic oxidation sites excluding steroid dienone is 2. The number of hydrogen-bond acceptors (Lipinski definition) is 7. The third-order valence-electron chi connectivity index (χ3n) is 6.17. The minimum atomic E-state index is -0.525. The maximum atomic E-state index is 13.7. The van der Waals surface area contributed by atoms with Gasteiger partial charge in [-0.2, -0.15) is 4.98 Å². The fourth-order valence-electron chi connectivity index (χ4n) is 4.34. The van der Waals surface area contributed by atoms with Gasteiger partial charge in [-0.05, 0) is 26.7 Å². The first-order valence-electron chi connectivity index (χ1n) is 11.4. The van der Waals surface area contributed by atoms with E-state index >= 15 is 0 Å². The first-order chi connectivity index (χ1) is 16.3. The Hall–Kier alpha value is -3.66. The lowest BCUT2D eigenvalue weighted by Crippen LogP contribution is -2.44. The van der Waals surface area contributed by atoms with Crippen molar-refractivity contribution in [2.75, 3.05) is 18.0 Å². The molecule has 2 aromatic heterocycles. The minimum absolute atomic E-state index is 0.0279. The number of nitrogens with two attached hydrogens (primary N) is 1. The predicted molar refractivity (Wildman–Crippen MR) is 133 cm³/mol. The number of hydrogen-bond donors (Lipinski definition) is 2. The Balaban J connectivity index is 1.91. The molecule has 1 aromatic carbocycles. The average molecular weight is 466 g/mol. The van der Waals surface area contributed by atoms with Gasteiger partial charge in [-0.25, -0.2) is 4.79 Å². The molecule has 3 N–H and O–H groups in total. The van der Waals surface area contributed by atoms with Crippen LogP contribution in [0.1, 0.15) is 32.3 Å². The Morgan fingerprint density at radius 1 is 1.24 bits per heavy atom. The molecule has 0 unspecified atom stereocenters. The molecule has 3 aromatic rings. The molecule has 0 radical (unpaired) electrons. The first kappa shape index (κ1) is 23.5. The van der Waals surface area contributed by atoms with Crippen LogP contribution in [0.2, 0.25) is 0 Å². The summed E-state index contributed by atoms with van der Waals surface area (Å²) in [4.78, 5) is 33.7. The summed E-state index contributed by atoms with van der Waals surface area (Å²) in [5, 5.41) is 13.0. The number of rotatable bonds is 6. The quantitative estimate of drug-likeness (QED) is 0.247. The highest BCUT2D eigenvalue weighted by molar-refractivity contribution is 6.00. The Kier molecular flexibility index (Phi) is 6.69. The fraction of sp³-hybridized carbons (Fsp3) is 0.417. The molecule has 1 atom stereocenters. The van der Waals surface area contributed by atoms with E-state index in [0.29, 0.717) is 35.8 Å². The Labute approximate surface area is 197 Å². The maximum Gasteiger partial charge on any atom is 0.332 e. The van der Waals surface area contributed by atoms with Crippen molar-refractivity contribution in [1.29, 1.82) is 0 Å². The smallest absolute Gasteiger partial charge is 0.332 e. The van der Waals surface area contributed by atoms with Crippen molar-refractivity contribution in [1.82, 2.24) is 18.7 Å². The van der Waals surface area contributed by atoms with Crippen molar-refractivity contribution < 1.29 is 5.21 Å². The van der Waals surface area contributed by atoms with E-state index < -0.39 is 11.2 Å². The van der Waals surface area contributed by atoms with Crippen molar-refractivity contribution in [3.63, 3.8) is 0 Å². The van der Waals surface area contributed by atoms with Gasteiger partial charge in [0.15, 0.2) is 11.2 Å². The summed E-state index contributed by atoms with van der Waals surface area (Å²) in [5.41, 5.74) is 7.82. The molecule has 4 rings (SSSR count). The molecule has 1 saturated heterocycles. The van der Waals surface area contributed by atoms with Crippen molar-refractivity contribution in [2.24, 2.45) is 17.9 Å². The number of benzene rings is 1. The van der Waals surface area contributed by atoms with Gasteiger partial charge in [0.05, 0.1) is 6.54 Å². The number of oxime groups is 1. The van der Waals surface area contributed by atoms with Gasteiger partial charge in [-0.15, -0.1) is 0 Å². The summed E-state index contributed by atoms with van der Waals surface area (Å²) in [6.45, 7) is 5.67. The number of aromatic nitrogens is 4. The summed E-state index contributed by atoms with van der Waals surface area (Å²) in [5.74, 6) is 0.631. The van der Waals surface area contributed by atoms with Crippen LogP contribution in [0, 0.1) is 0 Å². The molecule has 0 saturated carbocycles. The standard InChI is InChI=1S/C24H31N7O3/c1-16(2)11-13-30-20-21(26-23(30)29-12-7-10-18(25)14-29)28(3)24(33)31(22(20)32)15-19(27-34)17-8-5-4-6-9-17/h4-6,8-9,11,18,34H,7,10,12-15,25H2,1-3H3/t18-/m1/s1. The van der Waals surface area contributed by atoms with Gasteiger partial charge in [0.25, 0.3) is 5.56 Å². The Morgan fingerprint density at radius 3 is 2.62 bits per heavy atom. The third-order valence-corrected chi connectivity index (χ3v) is 6.17. The van der Waals surface area contributed by atoms with Crippen LogP contribution in [0.4, 0.5) is 5.95 Å². The van der Waals surface area contributed by atoms with Gasteiger partial charge in [0.1, 0.15) is 5.71 Å². The number of piperidine rings is 1. The highest BCUT2D eigenvalue weighted by Gasteiger charge is 2.26. The minimum Gasteiger partial charge on any atom is -0.411 e. The summed E-state index contributed by atoms with van der Waals surface area (Å²) < 4.78 is 4.33.